The van der Waals surface area contributed by atoms with Crippen LogP contribution in [0, 0.1) is 11.7 Å². The van der Waals surface area contributed by atoms with E-state index >= 15 is 0 Å². The molecular weight excluding hydrogens is 493 g/mol. The first kappa shape index (κ1) is 26.1. The number of carbonyl (C=O) groups excluding carboxylic acids is 2. The summed E-state index contributed by atoms with van der Waals surface area (Å²) in [7, 11) is 0. The van der Waals surface area contributed by atoms with Crippen molar-refractivity contribution in [2.75, 3.05) is 6.54 Å². The molecule has 3 aromatic heterocycles. The maximum Gasteiger partial charge on any atom is 0.247 e. The molecular formula is C26H28FN7O2S. The number of carbonyl (C=O) groups is 2. The van der Waals surface area contributed by atoms with Crippen molar-refractivity contribution in [1.82, 2.24) is 35.4 Å². The summed E-state index contributed by atoms with van der Waals surface area (Å²) in [6.07, 6.45) is 4.03. The van der Waals surface area contributed by atoms with Crippen molar-refractivity contribution in [3.8, 4) is 11.4 Å². The minimum Gasteiger partial charge on any atom is -0.354 e. The van der Waals surface area contributed by atoms with Crippen LogP contribution in [-0.2, 0) is 22.7 Å². The largest absolute Gasteiger partial charge is 0.354 e. The van der Waals surface area contributed by atoms with Gasteiger partial charge in [-0.25, -0.2) is 4.39 Å². The van der Waals surface area contributed by atoms with Gasteiger partial charge in [-0.1, -0.05) is 19.9 Å². The van der Waals surface area contributed by atoms with Crippen LogP contribution in [0.3, 0.4) is 0 Å². The Morgan fingerprint density at radius 2 is 1.86 bits per heavy atom. The zero-order chi connectivity index (χ0) is 26.2. The second-order valence-electron chi connectivity index (χ2n) is 8.91. The summed E-state index contributed by atoms with van der Waals surface area (Å²) >= 11 is 1.50. The third kappa shape index (κ3) is 7.04. The number of tetrazole rings is 1. The number of benzene rings is 1. The highest BCUT2D eigenvalue weighted by Gasteiger charge is 2.32. The molecule has 0 fully saturated rings. The number of thiophene rings is 1. The lowest BCUT2D eigenvalue weighted by Gasteiger charge is -2.31. The number of aromatic nitrogens is 5. The molecule has 1 atom stereocenters. The van der Waals surface area contributed by atoms with Crippen molar-refractivity contribution in [3.63, 3.8) is 0 Å². The van der Waals surface area contributed by atoms with E-state index in [1.54, 1.807) is 36.7 Å². The molecule has 0 aliphatic heterocycles. The van der Waals surface area contributed by atoms with E-state index in [0.29, 0.717) is 23.6 Å². The predicted octanol–water partition coefficient (Wildman–Crippen LogP) is 3.87. The summed E-state index contributed by atoms with van der Waals surface area (Å²) in [5.41, 5.74) is 1.23. The van der Waals surface area contributed by atoms with Crippen LogP contribution in [0.4, 0.5) is 4.39 Å². The van der Waals surface area contributed by atoms with Gasteiger partial charge in [0.05, 0.1) is 6.54 Å². The summed E-state index contributed by atoms with van der Waals surface area (Å²) in [5, 5.41) is 17.2. The molecule has 0 radical (unpaired) electrons. The van der Waals surface area contributed by atoms with Crippen LogP contribution in [0.15, 0.2) is 66.3 Å². The minimum absolute atomic E-state index is 0.222. The van der Waals surface area contributed by atoms with E-state index in [2.05, 4.69) is 39.6 Å². The van der Waals surface area contributed by atoms with E-state index in [-0.39, 0.29) is 36.5 Å². The third-order valence-electron chi connectivity index (χ3n) is 5.66. The Labute approximate surface area is 218 Å². The van der Waals surface area contributed by atoms with Crippen molar-refractivity contribution in [2.45, 2.75) is 39.4 Å². The summed E-state index contributed by atoms with van der Waals surface area (Å²) < 4.78 is 13.3. The van der Waals surface area contributed by atoms with Crippen LogP contribution in [0.5, 0.6) is 0 Å². The summed E-state index contributed by atoms with van der Waals surface area (Å²) in [4.78, 5) is 34.9. The van der Waals surface area contributed by atoms with Gasteiger partial charge in [-0.15, -0.1) is 21.5 Å². The Morgan fingerprint density at radius 3 is 2.54 bits per heavy atom. The van der Waals surface area contributed by atoms with Crippen LogP contribution in [-0.4, -0.2) is 48.5 Å². The molecule has 0 spiro atoms. The van der Waals surface area contributed by atoms with Gasteiger partial charge in [0.1, 0.15) is 18.4 Å². The Hall–Kier alpha value is -3.99. The molecule has 4 aromatic rings. The molecule has 192 valence electrons. The van der Waals surface area contributed by atoms with Crippen LogP contribution in [0.1, 0.15) is 36.8 Å². The molecule has 0 bridgehead atoms. The van der Waals surface area contributed by atoms with Gasteiger partial charge >= 0.3 is 0 Å². The quantitative estimate of drug-likeness (QED) is 0.321. The SMILES string of the molecule is CC(C)CCNC(=O)[C@@H](c1ccncc1)N(Cc1cccs1)C(=O)Cn1nnc(-c2ccc(F)cc2)n1. The fraction of sp³-hybridized carbons (Fsp3) is 0.308. The fourth-order valence-electron chi connectivity index (χ4n) is 3.73. The maximum atomic E-state index is 13.7. The molecule has 9 nitrogen and oxygen atoms in total. The summed E-state index contributed by atoms with van der Waals surface area (Å²) in [5.74, 6) is -0.288. The van der Waals surface area contributed by atoms with Gasteiger partial charge in [-0.05, 0) is 71.0 Å². The Kier molecular flexibility index (Phi) is 8.68. The van der Waals surface area contributed by atoms with Crippen molar-refractivity contribution >= 4 is 23.2 Å². The zero-order valence-corrected chi connectivity index (χ0v) is 21.4. The molecule has 4 rings (SSSR count). The van der Waals surface area contributed by atoms with Gasteiger partial charge in [-0.3, -0.25) is 14.6 Å². The minimum atomic E-state index is -0.871. The molecule has 1 aromatic carbocycles. The molecule has 11 heteroatoms. The van der Waals surface area contributed by atoms with Gasteiger partial charge in [0.15, 0.2) is 0 Å². The molecule has 0 saturated carbocycles. The van der Waals surface area contributed by atoms with Gasteiger partial charge in [0.25, 0.3) is 0 Å². The third-order valence-corrected chi connectivity index (χ3v) is 6.52. The molecule has 0 unspecified atom stereocenters. The first-order valence-corrected chi connectivity index (χ1v) is 12.8. The second kappa shape index (κ2) is 12.3. The van der Waals surface area contributed by atoms with Crippen molar-refractivity contribution in [2.24, 2.45) is 5.92 Å². The number of nitrogens with one attached hydrogen (secondary N) is 1. The molecule has 1 N–H and O–H groups in total. The van der Waals surface area contributed by atoms with E-state index < -0.39 is 6.04 Å². The van der Waals surface area contributed by atoms with Crippen molar-refractivity contribution in [1.29, 1.82) is 0 Å². The topological polar surface area (TPSA) is 106 Å². The van der Waals surface area contributed by atoms with Crippen LogP contribution in [0.25, 0.3) is 11.4 Å². The van der Waals surface area contributed by atoms with Gasteiger partial charge in [0, 0.05) is 29.4 Å². The average molecular weight is 522 g/mol. The first-order chi connectivity index (χ1) is 17.9. The molecule has 2 amide bonds. The standard InChI is InChI=1S/C26H28FN7O2S/c1-18(2)9-14-29-26(36)24(19-10-12-28-13-11-19)33(16-22-4-3-15-37-22)23(35)17-34-31-25(30-32-34)20-5-7-21(27)8-6-20/h3-8,10-13,15,18,24H,9,14,16-17H2,1-2H3,(H,29,36)/t24-/m1/s1. The monoisotopic (exact) mass is 521 g/mol. The van der Waals surface area contributed by atoms with Crippen molar-refractivity contribution < 1.29 is 14.0 Å². The lowest BCUT2D eigenvalue weighted by atomic mass is 10.0. The van der Waals surface area contributed by atoms with E-state index in [1.165, 1.54) is 33.2 Å². The van der Waals surface area contributed by atoms with E-state index in [0.717, 1.165) is 11.3 Å². The number of hydrogen-bond acceptors (Lipinski definition) is 7. The van der Waals surface area contributed by atoms with Gasteiger partial charge in [0.2, 0.25) is 17.6 Å². The number of hydrogen-bond donors (Lipinski definition) is 1. The maximum absolute atomic E-state index is 13.7. The van der Waals surface area contributed by atoms with Gasteiger partial charge in [-0.2, -0.15) is 4.80 Å². The number of nitrogens with zero attached hydrogens (tertiary/aromatic N) is 6. The normalized spacial score (nSPS) is 11.9. The highest BCUT2D eigenvalue weighted by atomic mass is 32.1. The van der Waals surface area contributed by atoms with Crippen LogP contribution >= 0.6 is 11.3 Å². The van der Waals surface area contributed by atoms with Crippen molar-refractivity contribution in [3.05, 3.63) is 82.6 Å². The lowest BCUT2D eigenvalue weighted by molar-refractivity contribution is -0.142. The lowest BCUT2D eigenvalue weighted by Crippen LogP contribution is -2.45. The smallest absolute Gasteiger partial charge is 0.247 e. The Balaban J connectivity index is 1.61. The van der Waals surface area contributed by atoms with Gasteiger partial charge < -0.3 is 10.2 Å². The molecule has 37 heavy (non-hydrogen) atoms. The number of pyridine rings is 1. The van der Waals surface area contributed by atoms with E-state index in [9.17, 15) is 14.0 Å². The van der Waals surface area contributed by atoms with Crippen LogP contribution < -0.4 is 5.32 Å². The number of amides is 2. The second-order valence-corrected chi connectivity index (χ2v) is 9.94. The molecule has 0 aliphatic rings. The summed E-state index contributed by atoms with van der Waals surface area (Å²) in [6, 6.07) is 12.1. The molecule has 0 aliphatic carbocycles. The Morgan fingerprint density at radius 1 is 1.11 bits per heavy atom. The summed E-state index contributed by atoms with van der Waals surface area (Å²) in [6.45, 7) is 4.70. The average Bonchev–Trinajstić information content (AvgIpc) is 3.57. The highest BCUT2D eigenvalue weighted by Crippen LogP contribution is 2.25. The van der Waals surface area contributed by atoms with E-state index in [1.807, 2.05) is 17.5 Å². The van der Waals surface area contributed by atoms with Crippen LogP contribution in [0.2, 0.25) is 0 Å². The number of halogens is 1. The molecule has 3 heterocycles. The fourth-order valence-corrected chi connectivity index (χ4v) is 4.43. The Bertz CT molecular complexity index is 1290. The highest BCUT2D eigenvalue weighted by molar-refractivity contribution is 7.09. The number of rotatable bonds is 11. The molecule has 0 saturated heterocycles. The van der Waals surface area contributed by atoms with E-state index in [4.69, 9.17) is 0 Å². The zero-order valence-electron chi connectivity index (χ0n) is 20.6. The predicted molar refractivity (Wildman–Crippen MR) is 138 cm³/mol. The first-order valence-electron chi connectivity index (χ1n) is 11.9.